The number of ether oxygens (including phenoxy) is 1. The lowest BCUT2D eigenvalue weighted by Crippen LogP contribution is -2.07. The highest BCUT2D eigenvalue weighted by Crippen LogP contribution is 2.09. The molecule has 0 radical (unpaired) electrons. The smallest absolute Gasteiger partial charge is 0.323 e. The zero-order chi connectivity index (χ0) is 12.3. The minimum Gasteiger partial charge on any atom is -0.378 e. The Bertz CT molecular complexity index is 571. The van der Waals surface area contributed by atoms with Gasteiger partial charge in [-0.1, -0.05) is 0 Å². The largest absolute Gasteiger partial charge is 0.378 e. The Kier molecular flexibility index (Phi) is 3.15. The fraction of sp³-hybridized carbons (Fsp3) is 0.182. The van der Waals surface area contributed by atoms with Gasteiger partial charge in [0.05, 0.1) is 12.3 Å². The zero-order valence-corrected chi connectivity index (χ0v) is 9.19. The van der Waals surface area contributed by atoms with E-state index in [-0.39, 0.29) is 18.1 Å². The molecule has 0 bridgehead atoms. The van der Waals surface area contributed by atoms with Crippen LogP contribution < -0.4 is 5.69 Å². The summed E-state index contributed by atoms with van der Waals surface area (Å²) in [6.07, 6.45) is 3.04. The van der Waals surface area contributed by atoms with E-state index in [1.807, 2.05) is 0 Å². The molecule has 17 heavy (non-hydrogen) atoms. The summed E-state index contributed by atoms with van der Waals surface area (Å²) in [5.74, 6) is -0.266. The Morgan fingerprint density at radius 1 is 1.35 bits per heavy atom. The summed E-state index contributed by atoms with van der Waals surface area (Å²) in [4.78, 5) is 32.1. The maximum atomic E-state index is 12.1. The van der Waals surface area contributed by atoms with Gasteiger partial charge in [-0.05, 0) is 12.1 Å². The van der Waals surface area contributed by atoms with E-state index in [0.29, 0.717) is 11.3 Å². The molecule has 0 unspecified atom stereocenters. The van der Waals surface area contributed by atoms with Crippen LogP contribution in [0.2, 0.25) is 0 Å². The van der Waals surface area contributed by atoms with Gasteiger partial charge < -0.3 is 14.7 Å². The van der Waals surface area contributed by atoms with Crippen LogP contribution in [0.4, 0.5) is 0 Å². The van der Waals surface area contributed by atoms with Gasteiger partial charge in [-0.3, -0.25) is 9.78 Å². The second kappa shape index (κ2) is 4.75. The third kappa shape index (κ3) is 2.31. The molecule has 0 aromatic carbocycles. The van der Waals surface area contributed by atoms with Crippen LogP contribution >= 0.6 is 0 Å². The molecule has 0 spiro atoms. The molecule has 0 saturated heterocycles. The second-order valence-corrected chi connectivity index (χ2v) is 3.43. The minimum absolute atomic E-state index is 0.172. The number of carbonyl (C=O) groups is 1. The molecule has 2 aromatic heterocycles. The second-order valence-electron chi connectivity index (χ2n) is 3.43. The van der Waals surface area contributed by atoms with E-state index in [9.17, 15) is 9.59 Å². The molecule has 2 aromatic rings. The van der Waals surface area contributed by atoms with Crippen LogP contribution in [-0.4, -0.2) is 27.8 Å². The zero-order valence-electron chi connectivity index (χ0n) is 9.19. The third-order valence-electron chi connectivity index (χ3n) is 2.26. The number of pyridine rings is 1. The van der Waals surface area contributed by atoms with Crippen molar-refractivity contribution in [3.8, 4) is 0 Å². The number of ketones is 1. The monoisotopic (exact) mass is 233 g/mol. The summed E-state index contributed by atoms with van der Waals surface area (Å²) in [6, 6.07) is 3.18. The molecular weight excluding hydrogens is 222 g/mol. The molecule has 0 saturated carbocycles. The molecule has 88 valence electrons. The Balaban J connectivity index is 2.40. The van der Waals surface area contributed by atoms with Crippen molar-refractivity contribution in [3.05, 3.63) is 52.0 Å². The summed E-state index contributed by atoms with van der Waals surface area (Å²) in [5, 5.41) is 0. The average Bonchev–Trinajstić information content (AvgIpc) is 2.71. The van der Waals surface area contributed by atoms with Gasteiger partial charge in [0.25, 0.3) is 0 Å². The van der Waals surface area contributed by atoms with Crippen molar-refractivity contribution in [1.29, 1.82) is 0 Å². The lowest BCUT2D eigenvalue weighted by molar-refractivity contribution is 0.102. The highest BCUT2D eigenvalue weighted by atomic mass is 16.5. The molecule has 2 N–H and O–H groups in total. The number of rotatable bonds is 4. The summed E-state index contributed by atoms with van der Waals surface area (Å²) in [6.45, 7) is 0.172. The minimum atomic E-state index is -0.422. The first-order valence-corrected chi connectivity index (χ1v) is 4.97. The Morgan fingerprint density at radius 3 is 2.71 bits per heavy atom. The van der Waals surface area contributed by atoms with Gasteiger partial charge in [-0.15, -0.1) is 0 Å². The lowest BCUT2D eigenvalue weighted by atomic mass is 10.1. The first-order valence-electron chi connectivity index (χ1n) is 4.97. The van der Waals surface area contributed by atoms with Crippen molar-refractivity contribution in [2.75, 3.05) is 7.11 Å². The van der Waals surface area contributed by atoms with Crippen molar-refractivity contribution in [2.24, 2.45) is 0 Å². The quantitative estimate of drug-likeness (QED) is 0.751. The van der Waals surface area contributed by atoms with Gasteiger partial charge in [-0.2, -0.15) is 0 Å². The molecule has 2 heterocycles. The molecule has 2 rings (SSSR count). The Hall–Kier alpha value is -2.21. The van der Waals surface area contributed by atoms with Crippen molar-refractivity contribution >= 4 is 5.78 Å². The van der Waals surface area contributed by atoms with E-state index < -0.39 is 5.69 Å². The molecule has 0 atom stereocenters. The fourth-order valence-corrected chi connectivity index (χ4v) is 1.51. The highest BCUT2D eigenvalue weighted by Gasteiger charge is 2.16. The van der Waals surface area contributed by atoms with Gasteiger partial charge in [0.1, 0.15) is 5.69 Å². The van der Waals surface area contributed by atoms with Crippen LogP contribution in [0.1, 0.15) is 21.7 Å². The summed E-state index contributed by atoms with van der Waals surface area (Å²) in [7, 11) is 1.49. The molecule has 0 aliphatic heterocycles. The number of imidazole rings is 1. The van der Waals surface area contributed by atoms with Gasteiger partial charge in [-0.25, -0.2) is 4.79 Å². The molecular formula is C11H11N3O3. The van der Waals surface area contributed by atoms with Gasteiger partial charge in [0.15, 0.2) is 0 Å². The maximum absolute atomic E-state index is 12.1. The predicted molar refractivity (Wildman–Crippen MR) is 59.8 cm³/mol. The first-order chi connectivity index (χ1) is 8.22. The van der Waals surface area contributed by atoms with Crippen molar-refractivity contribution in [3.63, 3.8) is 0 Å². The van der Waals surface area contributed by atoms with Gasteiger partial charge >= 0.3 is 5.69 Å². The summed E-state index contributed by atoms with van der Waals surface area (Å²) < 4.78 is 4.91. The van der Waals surface area contributed by atoms with Gasteiger partial charge in [0.2, 0.25) is 5.78 Å². The molecule has 0 fully saturated rings. The number of carbonyl (C=O) groups excluding carboxylic acids is 1. The number of aromatic amines is 2. The SMILES string of the molecule is COCc1[nH]c(=O)[nH]c1C(=O)c1ccncc1. The number of methoxy groups -OCH3 is 1. The van der Waals surface area contributed by atoms with Crippen LogP contribution in [0.5, 0.6) is 0 Å². The molecule has 0 aliphatic rings. The van der Waals surface area contributed by atoms with E-state index >= 15 is 0 Å². The highest BCUT2D eigenvalue weighted by molar-refractivity contribution is 6.08. The van der Waals surface area contributed by atoms with E-state index in [1.165, 1.54) is 19.5 Å². The van der Waals surface area contributed by atoms with Crippen molar-refractivity contribution in [2.45, 2.75) is 6.61 Å². The molecule has 6 nitrogen and oxygen atoms in total. The Labute approximate surface area is 96.7 Å². The number of H-pyrrole nitrogens is 2. The van der Waals surface area contributed by atoms with Crippen LogP contribution in [0.25, 0.3) is 0 Å². The van der Waals surface area contributed by atoms with E-state index in [0.717, 1.165) is 0 Å². The standard InChI is InChI=1S/C11H11N3O3/c1-17-6-8-9(14-11(16)13-8)10(15)7-2-4-12-5-3-7/h2-5H,6H2,1H3,(H2,13,14,16). The van der Waals surface area contributed by atoms with Crippen molar-refractivity contribution in [1.82, 2.24) is 15.0 Å². The van der Waals surface area contributed by atoms with Crippen LogP contribution in [-0.2, 0) is 11.3 Å². The number of nitrogens with zero attached hydrogens (tertiary/aromatic N) is 1. The number of aromatic nitrogens is 3. The van der Waals surface area contributed by atoms with E-state index in [4.69, 9.17) is 4.74 Å². The topological polar surface area (TPSA) is 87.8 Å². The Morgan fingerprint density at radius 2 is 2.06 bits per heavy atom. The number of nitrogens with one attached hydrogen (secondary N) is 2. The van der Waals surface area contributed by atoms with E-state index in [1.54, 1.807) is 12.1 Å². The summed E-state index contributed by atoms with van der Waals surface area (Å²) >= 11 is 0. The molecule has 6 heteroatoms. The number of hydrogen-bond acceptors (Lipinski definition) is 4. The van der Waals surface area contributed by atoms with Crippen LogP contribution in [0, 0.1) is 0 Å². The van der Waals surface area contributed by atoms with Crippen LogP contribution in [0.3, 0.4) is 0 Å². The fourth-order valence-electron chi connectivity index (χ4n) is 1.51. The van der Waals surface area contributed by atoms with Crippen molar-refractivity contribution < 1.29 is 9.53 Å². The normalized spacial score (nSPS) is 10.4. The predicted octanol–water partition coefficient (Wildman–Crippen LogP) is 0.475. The van der Waals surface area contributed by atoms with E-state index in [2.05, 4.69) is 15.0 Å². The first kappa shape index (κ1) is 11.3. The average molecular weight is 233 g/mol. The van der Waals surface area contributed by atoms with Crippen LogP contribution in [0.15, 0.2) is 29.3 Å². The number of hydrogen-bond donors (Lipinski definition) is 2. The lowest BCUT2D eigenvalue weighted by Gasteiger charge is -2.01. The van der Waals surface area contributed by atoms with Gasteiger partial charge in [0, 0.05) is 25.1 Å². The molecule has 0 aliphatic carbocycles. The molecule has 0 amide bonds. The summed E-state index contributed by atoms with van der Waals surface area (Å²) in [5.41, 5.74) is 0.712. The third-order valence-corrected chi connectivity index (χ3v) is 2.26. The maximum Gasteiger partial charge on any atom is 0.323 e.